The lowest BCUT2D eigenvalue weighted by molar-refractivity contribution is -0.455. The molecule has 0 unspecified atom stereocenters. The van der Waals surface area contributed by atoms with Crippen LogP contribution in [0.5, 0.6) is 5.75 Å². The summed E-state index contributed by atoms with van der Waals surface area (Å²) in [6.45, 7) is 4.41. The Kier molecular flexibility index (Phi) is 4.61. The molecule has 0 fully saturated rings. The highest BCUT2D eigenvalue weighted by molar-refractivity contribution is 5.68. The molecule has 1 aromatic carbocycles. The molecule has 0 spiro atoms. The zero-order valence-electron chi connectivity index (χ0n) is 12.3. The minimum Gasteiger partial charge on any atom is -0.497 e. The first kappa shape index (κ1) is 14.6. The summed E-state index contributed by atoms with van der Waals surface area (Å²) in [4.78, 5) is 7.25. The first-order valence-electron chi connectivity index (χ1n) is 6.56. The largest absolute Gasteiger partial charge is 0.497 e. The highest BCUT2D eigenvalue weighted by atomic mass is 16.5. The lowest BCUT2D eigenvalue weighted by atomic mass is 10.2. The number of allylic oxidation sites excluding steroid dienone is 1. The van der Waals surface area contributed by atoms with Crippen molar-refractivity contribution < 1.29 is 9.31 Å². The van der Waals surface area contributed by atoms with Gasteiger partial charge in [-0.25, -0.2) is 9.56 Å². The second-order valence-corrected chi connectivity index (χ2v) is 4.43. The summed E-state index contributed by atoms with van der Waals surface area (Å²) in [6, 6.07) is 7.90. The molecule has 2 aromatic rings. The molecule has 21 heavy (non-hydrogen) atoms. The first-order chi connectivity index (χ1) is 10.2. The third-order valence-corrected chi connectivity index (χ3v) is 3.02. The molecular weight excluding hydrogens is 266 g/mol. The molecule has 110 valence electrons. The maximum Gasteiger partial charge on any atom is 0.325 e. The zero-order chi connectivity index (χ0) is 15.2. The molecule has 0 amide bonds. The SMILES string of the molecule is C=CC=[N+](Cc1ccc(OC)cc1)c1[nH]c(N)nc1NC. The van der Waals surface area contributed by atoms with Crippen LogP contribution in [0.2, 0.25) is 0 Å². The number of nitrogens with two attached hydrogens (primary N) is 1. The van der Waals surface area contributed by atoms with Gasteiger partial charge in [0.1, 0.15) is 12.3 Å². The second kappa shape index (κ2) is 6.60. The highest BCUT2D eigenvalue weighted by Crippen LogP contribution is 2.23. The van der Waals surface area contributed by atoms with Gasteiger partial charge in [0.05, 0.1) is 13.3 Å². The molecule has 0 radical (unpaired) electrons. The molecule has 0 aliphatic heterocycles. The molecule has 1 heterocycles. The van der Waals surface area contributed by atoms with E-state index in [1.165, 1.54) is 0 Å². The van der Waals surface area contributed by atoms with E-state index in [1.54, 1.807) is 20.2 Å². The van der Waals surface area contributed by atoms with E-state index in [-0.39, 0.29) is 0 Å². The van der Waals surface area contributed by atoms with Crippen LogP contribution in [0.25, 0.3) is 0 Å². The smallest absolute Gasteiger partial charge is 0.325 e. The van der Waals surface area contributed by atoms with Gasteiger partial charge in [-0.2, -0.15) is 4.98 Å². The maximum absolute atomic E-state index is 5.73. The van der Waals surface area contributed by atoms with E-state index < -0.39 is 0 Å². The van der Waals surface area contributed by atoms with Crippen molar-refractivity contribution in [2.24, 2.45) is 0 Å². The van der Waals surface area contributed by atoms with Crippen molar-refractivity contribution in [3.63, 3.8) is 0 Å². The van der Waals surface area contributed by atoms with Crippen molar-refractivity contribution in [1.29, 1.82) is 0 Å². The van der Waals surface area contributed by atoms with E-state index >= 15 is 0 Å². The average molecular weight is 286 g/mol. The first-order valence-corrected chi connectivity index (χ1v) is 6.56. The Morgan fingerprint density at radius 3 is 2.71 bits per heavy atom. The number of ether oxygens (including phenoxy) is 1. The van der Waals surface area contributed by atoms with Gasteiger partial charge in [-0.05, 0) is 23.8 Å². The molecule has 0 aliphatic carbocycles. The van der Waals surface area contributed by atoms with E-state index in [1.807, 2.05) is 35.1 Å². The molecule has 2 rings (SSSR count). The molecule has 0 aliphatic rings. The van der Waals surface area contributed by atoms with Crippen molar-refractivity contribution in [3.05, 3.63) is 42.5 Å². The Hall–Kier alpha value is -2.76. The number of imidazole rings is 1. The monoisotopic (exact) mass is 286 g/mol. The summed E-state index contributed by atoms with van der Waals surface area (Å²) < 4.78 is 7.16. The molecule has 6 nitrogen and oxygen atoms in total. The molecule has 4 N–H and O–H groups in total. The number of benzene rings is 1. The van der Waals surface area contributed by atoms with Crippen LogP contribution in [0.3, 0.4) is 0 Å². The molecule has 0 bridgehead atoms. The van der Waals surface area contributed by atoms with Gasteiger partial charge in [-0.15, -0.1) is 0 Å². The molecule has 0 saturated heterocycles. The number of nitrogens with one attached hydrogen (secondary N) is 2. The number of aromatic amines is 1. The van der Waals surface area contributed by atoms with Crippen molar-refractivity contribution >= 4 is 23.8 Å². The van der Waals surface area contributed by atoms with E-state index in [4.69, 9.17) is 10.5 Å². The number of rotatable bonds is 6. The number of nitrogens with zero attached hydrogens (tertiary/aromatic N) is 2. The molecule has 0 saturated carbocycles. The van der Waals surface area contributed by atoms with Crippen molar-refractivity contribution in [2.75, 3.05) is 25.2 Å². The summed E-state index contributed by atoms with van der Waals surface area (Å²) in [5.41, 5.74) is 6.86. The van der Waals surface area contributed by atoms with E-state index in [2.05, 4.69) is 21.9 Å². The lowest BCUT2D eigenvalue weighted by Gasteiger charge is -2.06. The van der Waals surface area contributed by atoms with Crippen molar-refractivity contribution in [1.82, 2.24) is 9.97 Å². The quantitative estimate of drug-likeness (QED) is 0.561. The van der Waals surface area contributed by atoms with Crippen LogP contribution in [0.1, 0.15) is 5.56 Å². The zero-order valence-corrected chi connectivity index (χ0v) is 12.3. The fraction of sp³-hybridized carbons (Fsp3) is 0.200. The number of nitrogen functional groups attached to an aromatic ring is 1. The van der Waals surface area contributed by atoms with Crippen LogP contribution < -0.4 is 15.8 Å². The fourth-order valence-corrected chi connectivity index (χ4v) is 2.03. The van der Waals surface area contributed by atoms with Gasteiger partial charge in [0.2, 0.25) is 5.82 Å². The van der Waals surface area contributed by atoms with Crippen molar-refractivity contribution in [3.8, 4) is 5.75 Å². The van der Waals surface area contributed by atoms with E-state index in [0.717, 1.165) is 17.1 Å². The van der Waals surface area contributed by atoms with E-state index in [9.17, 15) is 0 Å². The number of hydrogen-bond donors (Lipinski definition) is 3. The summed E-state index contributed by atoms with van der Waals surface area (Å²) in [7, 11) is 3.46. The predicted molar refractivity (Wildman–Crippen MR) is 85.4 cm³/mol. The van der Waals surface area contributed by atoms with Crippen LogP contribution in [0, 0.1) is 0 Å². The Bertz CT molecular complexity index is 643. The van der Waals surface area contributed by atoms with Gasteiger partial charge in [0, 0.05) is 7.05 Å². The Balaban J connectivity index is 2.30. The topological polar surface area (TPSA) is 79.0 Å². The van der Waals surface area contributed by atoms with Crippen LogP contribution in [0.15, 0.2) is 36.9 Å². The van der Waals surface area contributed by atoms with Gasteiger partial charge in [0.15, 0.2) is 0 Å². The third kappa shape index (κ3) is 3.42. The summed E-state index contributed by atoms with van der Waals surface area (Å²) in [5, 5.41) is 3.02. The predicted octanol–water partition coefficient (Wildman–Crippen LogP) is 2.14. The highest BCUT2D eigenvalue weighted by Gasteiger charge is 2.18. The van der Waals surface area contributed by atoms with Gasteiger partial charge in [0.25, 0.3) is 5.95 Å². The van der Waals surface area contributed by atoms with Gasteiger partial charge >= 0.3 is 5.82 Å². The Morgan fingerprint density at radius 1 is 1.43 bits per heavy atom. The fourth-order valence-electron chi connectivity index (χ4n) is 2.03. The van der Waals surface area contributed by atoms with Gasteiger partial charge in [-0.3, -0.25) is 0 Å². The summed E-state index contributed by atoms with van der Waals surface area (Å²) in [6.07, 6.45) is 3.60. The number of anilines is 2. The maximum atomic E-state index is 5.73. The third-order valence-electron chi connectivity index (χ3n) is 3.02. The average Bonchev–Trinajstić information content (AvgIpc) is 2.88. The minimum atomic E-state index is 0.367. The molecule has 6 heteroatoms. The number of hydrogen-bond acceptors (Lipinski definition) is 4. The standard InChI is InChI=1S/C15H20N5O/c1-4-9-20(14-13(17-2)18-15(16)19-14)10-11-5-7-12(21-3)8-6-11/h4-9,17H,1,10H2,2-3H3,(H3,16,18,19)/q+1. The molecule has 0 atom stereocenters. The number of aromatic nitrogens is 2. The number of H-pyrrole nitrogens is 1. The van der Waals surface area contributed by atoms with Gasteiger partial charge in [-0.1, -0.05) is 18.7 Å². The minimum absolute atomic E-state index is 0.367. The summed E-state index contributed by atoms with van der Waals surface area (Å²) in [5.74, 6) is 2.69. The van der Waals surface area contributed by atoms with Crippen LogP contribution >= 0.6 is 0 Å². The lowest BCUT2D eigenvalue weighted by Crippen LogP contribution is -2.08. The second-order valence-electron chi connectivity index (χ2n) is 4.43. The van der Waals surface area contributed by atoms with Crippen molar-refractivity contribution in [2.45, 2.75) is 6.54 Å². The molecule has 1 aromatic heterocycles. The van der Waals surface area contributed by atoms with Crippen LogP contribution in [-0.4, -0.2) is 34.9 Å². The van der Waals surface area contributed by atoms with Gasteiger partial charge < -0.3 is 15.8 Å². The Labute approximate surface area is 124 Å². The van der Waals surface area contributed by atoms with E-state index in [0.29, 0.717) is 18.3 Å². The van der Waals surface area contributed by atoms with Crippen LogP contribution in [0.4, 0.5) is 17.6 Å². The number of methoxy groups -OCH3 is 1. The summed E-state index contributed by atoms with van der Waals surface area (Å²) >= 11 is 0. The normalized spacial score (nSPS) is 11.2. The van der Waals surface area contributed by atoms with Crippen LogP contribution in [-0.2, 0) is 6.54 Å². The Morgan fingerprint density at radius 2 is 2.14 bits per heavy atom. The molecular formula is C15H20N5O+.